The average molecular weight is 285 g/mol. The molecule has 0 aliphatic heterocycles. The smallest absolute Gasteiger partial charge is 0.123 e. The van der Waals surface area contributed by atoms with Gasteiger partial charge in [0.1, 0.15) is 5.82 Å². The summed E-state index contributed by atoms with van der Waals surface area (Å²) in [5, 5.41) is 3.32. The number of methoxy groups -OCH3 is 1. The van der Waals surface area contributed by atoms with Crippen molar-refractivity contribution in [1.82, 2.24) is 5.32 Å². The van der Waals surface area contributed by atoms with Crippen LogP contribution in [0.25, 0.3) is 0 Å². The molecule has 1 atom stereocenters. The van der Waals surface area contributed by atoms with Crippen LogP contribution in [0, 0.1) is 5.82 Å². The quantitative estimate of drug-likeness (QED) is 0.632. The first kappa shape index (κ1) is 17.0. The van der Waals surface area contributed by atoms with Crippen molar-refractivity contribution in [2.24, 2.45) is 0 Å². The lowest BCUT2D eigenvalue weighted by Gasteiger charge is -2.14. The summed E-state index contributed by atoms with van der Waals surface area (Å²) in [4.78, 5) is 0. The largest absolute Gasteiger partial charge is 0.382 e. The van der Waals surface area contributed by atoms with E-state index in [-0.39, 0.29) is 11.9 Å². The van der Waals surface area contributed by atoms with E-state index in [0.29, 0.717) is 33.0 Å². The van der Waals surface area contributed by atoms with Crippen LogP contribution in [0.1, 0.15) is 18.5 Å². The maximum atomic E-state index is 12.8. The predicted octanol–water partition coefficient (Wildman–Crippen LogP) is 2.16. The van der Waals surface area contributed by atoms with Crippen molar-refractivity contribution in [3.8, 4) is 0 Å². The second-order valence-electron chi connectivity index (χ2n) is 4.44. The number of benzene rings is 1. The molecule has 1 N–H and O–H groups in total. The minimum atomic E-state index is -0.210. The van der Waals surface area contributed by atoms with Gasteiger partial charge < -0.3 is 19.5 Å². The van der Waals surface area contributed by atoms with Crippen molar-refractivity contribution in [2.45, 2.75) is 13.0 Å². The molecule has 1 rings (SSSR count). The van der Waals surface area contributed by atoms with Gasteiger partial charge in [0, 0.05) is 19.7 Å². The number of nitrogens with one attached hydrogen (secondary N) is 1. The second kappa shape index (κ2) is 10.7. The molecule has 20 heavy (non-hydrogen) atoms. The van der Waals surface area contributed by atoms with Crippen molar-refractivity contribution in [3.05, 3.63) is 35.6 Å². The average Bonchev–Trinajstić information content (AvgIpc) is 2.46. The Hall–Kier alpha value is -1.01. The van der Waals surface area contributed by atoms with Crippen LogP contribution in [0.2, 0.25) is 0 Å². The molecule has 0 unspecified atom stereocenters. The summed E-state index contributed by atoms with van der Waals surface area (Å²) in [7, 11) is 1.65. The molecule has 0 bridgehead atoms. The van der Waals surface area contributed by atoms with E-state index >= 15 is 0 Å². The normalized spacial score (nSPS) is 12.6. The molecule has 4 nitrogen and oxygen atoms in total. The van der Waals surface area contributed by atoms with E-state index in [0.717, 1.165) is 12.1 Å². The molecule has 114 valence electrons. The Morgan fingerprint density at radius 3 is 2.25 bits per heavy atom. The van der Waals surface area contributed by atoms with Crippen molar-refractivity contribution in [1.29, 1.82) is 0 Å². The number of halogens is 1. The maximum absolute atomic E-state index is 12.8. The summed E-state index contributed by atoms with van der Waals surface area (Å²) in [5.41, 5.74) is 1.06. The molecule has 0 saturated heterocycles. The molecule has 0 spiro atoms. The van der Waals surface area contributed by atoms with Gasteiger partial charge in [-0.3, -0.25) is 0 Å². The third-order valence-electron chi connectivity index (χ3n) is 2.87. The zero-order chi connectivity index (χ0) is 14.6. The molecule has 0 fully saturated rings. The minimum Gasteiger partial charge on any atom is -0.382 e. The number of hydrogen-bond acceptors (Lipinski definition) is 4. The Morgan fingerprint density at radius 2 is 1.60 bits per heavy atom. The molecular weight excluding hydrogens is 261 g/mol. The summed E-state index contributed by atoms with van der Waals surface area (Å²) in [6, 6.07) is 6.70. The third-order valence-corrected chi connectivity index (χ3v) is 2.87. The summed E-state index contributed by atoms with van der Waals surface area (Å²) >= 11 is 0. The van der Waals surface area contributed by atoms with Gasteiger partial charge in [-0.2, -0.15) is 0 Å². The van der Waals surface area contributed by atoms with Crippen molar-refractivity contribution >= 4 is 0 Å². The molecule has 0 aliphatic rings. The molecule has 0 saturated carbocycles. The Balaban J connectivity index is 1.99. The van der Waals surface area contributed by atoms with Crippen LogP contribution in [0.3, 0.4) is 0 Å². The highest BCUT2D eigenvalue weighted by atomic mass is 19.1. The molecule has 1 aromatic carbocycles. The lowest BCUT2D eigenvalue weighted by atomic mass is 10.1. The van der Waals surface area contributed by atoms with Gasteiger partial charge in [0.25, 0.3) is 0 Å². The lowest BCUT2D eigenvalue weighted by Crippen LogP contribution is -2.24. The van der Waals surface area contributed by atoms with Gasteiger partial charge in [0.15, 0.2) is 0 Å². The van der Waals surface area contributed by atoms with Gasteiger partial charge in [-0.05, 0) is 24.6 Å². The number of rotatable bonds is 11. The van der Waals surface area contributed by atoms with Crippen LogP contribution in [0.15, 0.2) is 24.3 Å². The first-order valence-electron chi connectivity index (χ1n) is 6.87. The van der Waals surface area contributed by atoms with Crippen LogP contribution >= 0.6 is 0 Å². The zero-order valence-corrected chi connectivity index (χ0v) is 12.2. The highest BCUT2D eigenvalue weighted by Crippen LogP contribution is 2.12. The van der Waals surface area contributed by atoms with Crippen LogP contribution < -0.4 is 5.32 Å². The van der Waals surface area contributed by atoms with Crippen LogP contribution in [-0.4, -0.2) is 46.7 Å². The molecule has 0 heterocycles. The van der Waals surface area contributed by atoms with E-state index in [1.807, 2.05) is 6.92 Å². The van der Waals surface area contributed by atoms with E-state index in [2.05, 4.69) is 5.32 Å². The Bertz CT molecular complexity index is 345. The molecule has 0 aromatic heterocycles. The SMILES string of the molecule is COCCOCCOCCN[C@@H](C)c1ccc(F)cc1. The Morgan fingerprint density at radius 1 is 1.00 bits per heavy atom. The summed E-state index contributed by atoms with van der Waals surface area (Å²) < 4.78 is 28.4. The van der Waals surface area contributed by atoms with Gasteiger partial charge in [-0.15, -0.1) is 0 Å². The fourth-order valence-corrected chi connectivity index (χ4v) is 1.68. The van der Waals surface area contributed by atoms with Gasteiger partial charge in [0.2, 0.25) is 0 Å². The van der Waals surface area contributed by atoms with Gasteiger partial charge >= 0.3 is 0 Å². The van der Waals surface area contributed by atoms with E-state index in [4.69, 9.17) is 14.2 Å². The second-order valence-corrected chi connectivity index (χ2v) is 4.44. The van der Waals surface area contributed by atoms with Crippen LogP contribution in [-0.2, 0) is 14.2 Å². The van der Waals surface area contributed by atoms with Crippen molar-refractivity contribution in [2.75, 3.05) is 46.7 Å². The van der Waals surface area contributed by atoms with E-state index in [1.165, 1.54) is 12.1 Å². The van der Waals surface area contributed by atoms with E-state index < -0.39 is 0 Å². The summed E-state index contributed by atoms with van der Waals surface area (Å²) in [5.74, 6) is -0.210. The highest BCUT2D eigenvalue weighted by molar-refractivity contribution is 5.19. The van der Waals surface area contributed by atoms with Gasteiger partial charge in [-0.25, -0.2) is 4.39 Å². The zero-order valence-electron chi connectivity index (χ0n) is 12.2. The molecule has 5 heteroatoms. The number of hydrogen-bond donors (Lipinski definition) is 1. The van der Waals surface area contributed by atoms with Crippen molar-refractivity contribution in [3.63, 3.8) is 0 Å². The third kappa shape index (κ3) is 7.55. The first-order chi connectivity index (χ1) is 9.74. The maximum Gasteiger partial charge on any atom is 0.123 e. The van der Waals surface area contributed by atoms with Gasteiger partial charge in [-0.1, -0.05) is 12.1 Å². The molecule has 0 radical (unpaired) electrons. The number of ether oxygens (including phenoxy) is 3. The van der Waals surface area contributed by atoms with E-state index in [1.54, 1.807) is 19.2 Å². The standard InChI is InChI=1S/C15H24FNO3/c1-13(14-3-5-15(16)6-4-14)17-7-8-19-11-12-20-10-9-18-2/h3-6,13,17H,7-12H2,1-2H3/t13-/m0/s1. The molecule has 0 amide bonds. The van der Waals surface area contributed by atoms with Crippen LogP contribution in [0.5, 0.6) is 0 Å². The summed E-state index contributed by atoms with van der Waals surface area (Å²) in [6.45, 7) is 5.78. The molecule has 1 aromatic rings. The lowest BCUT2D eigenvalue weighted by molar-refractivity contribution is 0.0253. The van der Waals surface area contributed by atoms with E-state index in [9.17, 15) is 4.39 Å². The fourth-order valence-electron chi connectivity index (χ4n) is 1.68. The topological polar surface area (TPSA) is 39.7 Å². The predicted molar refractivity (Wildman–Crippen MR) is 76.3 cm³/mol. The summed E-state index contributed by atoms with van der Waals surface area (Å²) in [6.07, 6.45) is 0. The van der Waals surface area contributed by atoms with Crippen molar-refractivity contribution < 1.29 is 18.6 Å². The van der Waals surface area contributed by atoms with Gasteiger partial charge in [0.05, 0.1) is 33.0 Å². The monoisotopic (exact) mass is 285 g/mol. The molecule has 0 aliphatic carbocycles. The van der Waals surface area contributed by atoms with Crippen LogP contribution in [0.4, 0.5) is 4.39 Å². The molecular formula is C15H24FNO3. The highest BCUT2D eigenvalue weighted by Gasteiger charge is 2.03. The first-order valence-corrected chi connectivity index (χ1v) is 6.87. The minimum absolute atomic E-state index is 0.178. The Kier molecular flexibility index (Phi) is 9.15. The Labute approximate surface area is 120 Å². The fraction of sp³-hybridized carbons (Fsp3) is 0.600.